The third kappa shape index (κ3) is 6.65. The van der Waals surface area contributed by atoms with E-state index in [4.69, 9.17) is 0 Å². The van der Waals surface area contributed by atoms with Gasteiger partial charge >= 0.3 is 0 Å². The number of nitrogens with zero attached hydrogens (tertiary/aromatic N) is 1. The van der Waals surface area contributed by atoms with Crippen molar-refractivity contribution >= 4 is 23.6 Å². The van der Waals surface area contributed by atoms with Crippen molar-refractivity contribution in [3.05, 3.63) is 29.3 Å². The maximum absolute atomic E-state index is 12.5. The van der Waals surface area contributed by atoms with Crippen LogP contribution in [0.25, 0.3) is 0 Å². The normalized spacial score (nSPS) is 15.8. The van der Waals surface area contributed by atoms with Crippen molar-refractivity contribution in [1.29, 1.82) is 0 Å². The Morgan fingerprint density at radius 3 is 2.42 bits per heavy atom. The van der Waals surface area contributed by atoms with E-state index < -0.39 is 0 Å². The monoisotopic (exact) mass is 378 g/mol. The quantitative estimate of drug-likeness (QED) is 0.753. The summed E-state index contributed by atoms with van der Waals surface area (Å²) in [5.74, 6) is 0.745. The zero-order chi connectivity index (χ0) is 19.3. The minimum absolute atomic E-state index is 0.0812. The highest BCUT2D eigenvalue weighted by atomic mass is 32.2. The van der Waals surface area contributed by atoms with Crippen LogP contribution in [0.15, 0.2) is 23.1 Å². The summed E-state index contributed by atoms with van der Waals surface area (Å²) in [5.41, 5.74) is 2.27. The lowest BCUT2D eigenvalue weighted by atomic mass is 10.1. The molecule has 26 heavy (non-hydrogen) atoms. The Kier molecular flexibility index (Phi) is 7.12. The molecular weight excluding hydrogens is 346 g/mol. The molecule has 2 amide bonds. The summed E-state index contributed by atoms with van der Waals surface area (Å²) in [6.45, 7) is 13.7. The molecule has 5 nitrogen and oxygen atoms in total. The second kappa shape index (κ2) is 8.91. The molecule has 0 spiro atoms. The summed E-state index contributed by atoms with van der Waals surface area (Å²) in [6, 6.07) is 6.33. The first-order chi connectivity index (χ1) is 12.1. The number of piperazine rings is 1. The summed E-state index contributed by atoms with van der Waals surface area (Å²) >= 11 is 1.61. The van der Waals surface area contributed by atoms with Crippen molar-refractivity contribution in [2.24, 2.45) is 0 Å². The van der Waals surface area contributed by atoms with E-state index in [2.05, 4.69) is 37.4 Å². The highest BCUT2D eigenvalue weighted by molar-refractivity contribution is 8.00. The molecule has 1 aliphatic rings. The van der Waals surface area contributed by atoms with E-state index in [1.807, 2.05) is 25.7 Å². The standard InChI is InChI=1S/C20H31N3O2S/c1-15-6-7-17(16(2)12-15)26-14-19(25)23-10-8-22(9-11-23)13-18(24)21-20(3,4)5/h6-7,12H,8-11,13-14H2,1-5H3,(H,21,24)/p+1. The van der Waals surface area contributed by atoms with E-state index in [-0.39, 0.29) is 17.4 Å². The molecule has 1 aliphatic heterocycles. The zero-order valence-electron chi connectivity index (χ0n) is 16.6. The van der Waals surface area contributed by atoms with Crippen LogP contribution in [0, 0.1) is 13.8 Å². The van der Waals surface area contributed by atoms with Gasteiger partial charge in [0, 0.05) is 10.4 Å². The molecule has 6 heteroatoms. The third-order valence-corrected chi connectivity index (χ3v) is 5.59. The van der Waals surface area contributed by atoms with Crippen LogP contribution in [0.4, 0.5) is 0 Å². The van der Waals surface area contributed by atoms with Crippen molar-refractivity contribution in [3.8, 4) is 0 Å². The van der Waals surface area contributed by atoms with Crippen LogP contribution in [0.1, 0.15) is 31.9 Å². The van der Waals surface area contributed by atoms with Crippen molar-refractivity contribution < 1.29 is 14.5 Å². The second-order valence-corrected chi connectivity index (χ2v) is 9.18. The highest BCUT2D eigenvalue weighted by Gasteiger charge is 2.26. The molecule has 0 saturated carbocycles. The SMILES string of the molecule is Cc1ccc(SCC(=O)N2CC[NH+](CC(=O)NC(C)(C)C)CC2)c(C)c1. The second-order valence-electron chi connectivity index (χ2n) is 8.16. The molecule has 0 bridgehead atoms. The number of thioether (sulfide) groups is 1. The minimum atomic E-state index is -0.195. The molecule has 144 valence electrons. The molecular formula is C20H32N3O2S+. The van der Waals surface area contributed by atoms with Crippen molar-refractivity contribution in [2.45, 2.75) is 45.1 Å². The van der Waals surface area contributed by atoms with Crippen LogP contribution in [-0.4, -0.2) is 60.7 Å². The maximum Gasteiger partial charge on any atom is 0.275 e. The Hall–Kier alpha value is -1.53. The number of rotatable bonds is 5. The molecule has 0 aliphatic carbocycles. The summed E-state index contributed by atoms with van der Waals surface area (Å²) in [5, 5.41) is 3.00. The Bertz CT molecular complexity index is 647. The summed E-state index contributed by atoms with van der Waals surface area (Å²) in [7, 11) is 0. The Labute approximate surface area is 161 Å². The predicted octanol–water partition coefficient (Wildman–Crippen LogP) is 1.04. The zero-order valence-corrected chi connectivity index (χ0v) is 17.5. The number of carbonyl (C=O) groups is 2. The summed E-state index contributed by atoms with van der Waals surface area (Å²) in [4.78, 5) is 28.9. The number of amides is 2. The Balaban J connectivity index is 1.75. The molecule has 0 aromatic heterocycles. The Morgan fingerprint density at radius 2 is 1.85 bits per heavy atom. The van der Waals surface area contributed by atoms with Gasteiger partial charge in [0.05, 0.1) is 31.9 Å². The van der Waals surface area contributed by atoms with Crippen LogP contribution < -0.4 is 10.2 Å². The van der Waals surface area contributed by atoms with E-state index in [1.165, 1.54) is 20.9 Å². The van der Waals surface area contributed by atoms with Crippen LogP contribution in [0.3, 0.4) is 0 Å². The Morgan fingerprint density at radius 1 is 1.19 bits per heavy atom. The fourth-order valence-corrected chi connectivity index (χ4v) is 4.04. The molecule has 2 N–H and O–H groups in total. The van der Waals surface area contributed by atoms with Crippen LogP contribution in [-0.2, 0) is 9.59 Å². The molecule has 0 radical (unpaired) electrons. The average Bonchev–Trinajstić information content (AvgIpc) is 2.52. The topological polar surface area (TPSA) is 53.9 Å². The molecule has 1 aromatic carbocycles. The van der Waals surface area contributed by atoms with Gasteiger partial charge in [-0.15, -0.1) is 11.8 Å². The summed E-state index contributed by atoms with van der Waals surface area (Å²) < 4.78 is 0. The molecule has 0 unspecified atom stereocenters. The van der Waals surface area contributed by atoms with Gasteiger partial charge in [0.15, 0.2) is 6.54 Å². The van der Waals surface area contributed by atoms with Gasteiger partial charge in [-0.1, -0.05) is 17.7 Å². The first-order valence-corrected chi connectivity index (χ1v) is 10.2. The fraction of sp³-hybridized carbons (Fsp3) is 0.600. The highest BCUT2D eigenvalue weighted by Crippen LogP contribution is 2.23. The lowest BCUT2D eigenvalue weighted by molar-refractivity contribution is -0.896. The van der Waals surface area contributed by atoms with Crippen LogP contribution >= 0.6 is 11.8 Å². The van der Waals surface area contributed by atoms with Crippen LogP contribution in [0.2, 0.25) is 0 Å². The fourth-order valence-electron chi connectivity index (χ4n) is 3.13. The van der Waals surface area contributed by atoms with Crippen molar-refractivity contribution in [2.75, 3.05) is 38.5 Å². The number of nitrogens with one attached hydrogen (secondary N) is 2. The molecule has 0 atom stereocenters. The van der Waals surface area contributed by atoms with E-state index in [0.717, 1.165) is 26.2 Å². The van der Waals surface area contributed by atoms with Gasteiger partial charge in [0.1, 0.15) is 0 Å². The predicted molar refractivity (Wildman–Crippen MR) is 107 cm³/mol. The van der Waals surface area contributed by atoms with Gasteiger partial charge < -0.3 is 15.1 Å². The lowest BCUT2D eigenvalue weighted by Gasteiger charge is -2.32. The number of aryl methyl sites for hydroxylation is 2. The average molecular weight is 379 g/mol. The van der Waals surface area contributed by atoms with Gasteiger partial charge in [0.25, 0.3) is 5.91 Å². The summed E-state index contributed by atoms with van der Waals surface area (Å²) in [6.07, 6.45) is 0. The number of hydrogen-bond acceptors (Lipinski definition) is 3. The molecule has 1 aromatic rings. The van der Waals surface area contributed by atoms with Gasteiger partial charge in [0.2, 0.25) is 5.91 Å². The van der Waals surface area contributed by atoms with Gasteiger partial charge in [-0.05, 0) is 46.2 Å². The van der Waals surface area contributed by atoms with E-state index in [1.54, 1.807) is 11.8 Å². The number of hydrogen-bond donors (Lipinski definition) is 2. The number of benzene rings is 1. The van der Waals surface area contributed by atoms with Gasteiger partial charge in [-0.3, -0.25) is 9.59 Å². The van der Waals surface area contributed by atoms with Gasteiger partial charge in [-0.25, -0.2) is 0 Å². The largest absolute Gasteiger partial charge is 0.347 e. The molecule has 1 saturated heterocycles. The van der Waals surface area contributed by atoms with Crippen LogP contribution in [0.5, 0.6) is 0 Å². The van der Waals surface area contributed by atoms with Crippen molar-refractivity contribution in [3.63, 3.8) is 0 Å². The number of quaternary nitrogens is 1. The van der Waals surface area contributed by atoms with Gasteiger partial charge in [-0.2, -0.15) is 0 Å². The molecule has 2 rings (SSSR count). The first kappa shape index (κ1) is 20.8. The molecule has 1 fully saturated rings. The smallest absolute Gasteiger partial charge is 0.275 e. The van der Waals surface area contributed by atoms with E-state index in [9.17, 15) is 9.59 Å². The minimum Gasteiger partial charge on any atom is -0.347 e. The number of carbonyl (C=O) groups excluding carboxylic acids is 2. The molecule has 1 heterocycles. The first-order valence-electron chi connectivity index (χ1n) is 9.26. The van der Waals surface area contributed by atoms with Crippen molar-refractivity contribution in [1.82, 2.24) is 10.2 Å². The van der Waals surface area contributed by atoms with E-state index >= 15 is 0 Å². The lowest BCUT2D eigenvalue weighted by Crippen LogP contribution is -3.16. The third-order valence-electron chi connectivity index (χ3n) is 4.43. The maximum atomic E-state index is 12.5. The van der Waals surface area contributed by atoms with E-state index in [0.29, 0.717) is 12.3 Å².